The molecule has 0 saturated carbocycles. The molecule has 1 aromatic carbocycles. The normalized spacial score (nSPS) is 16.3. The topological polar surface area (TPSA) is 75.6 Å². The van der Waals surface area contributed by atoms with Gasteiger partial charge in [0.25, 0.3) is 0 Å². The number of anilines is 2. The van der Waals surface area contributed by atoms with Gasteiger partial charge in [-0.1, -0.05) is 11.6 Å². The Labute approximate surface area is 192 Å². The third kappa shape index (κ3) is 4.46. The summed E-state index contributed by atoms with van der Waals surface area (Å²) in [4.78, 5) is 17.7. The lowest BCUT2D eigenvalue weighted by molar-refractivity contribution is -0.137. The Morgan fingerprint density at radius 2 is 1.82 bits per heavy atom. The van der Waals surface area contributed by atoms with Crippen LogP contribution < -0.4 is 10.6 Å². The molecule has 4 aromatic rings. The first-order valence-electron chi connectivity index (χ1n) is 10.4. The average Bonchev–Trinajstić information content (AvgIpc) is 3.35. The van der Waals surface area contributed by atoms with Crippen LogP contribution >= 0.6 is 11.6 Å². The van der Waals surface area contributed by atoms with E-state index in [9.17, 15) is 13.2 Å². The van der Waals surface area contributed by atoms with Gasteiger partial charge in [0.05, 0.1) is 22.7 Å². The quantitative estimate of drug-likeness (QED) is 0.385. The highest BCUT2D eigenvalue weighted by Gasteiger charge is 2.34. The van der Waals surface area contributed by atoms with Crippen molar-refractivity contribution in [2.24, 2.45) is 0 Å². The molecule has 1 unspecified atom stereocenters. The van der Waals surface area contributed by atoms with Crippen molar-refractivity contribution in [2.45, 2.75) is 25.1 Å². The number of hydrogen-bond donors (Lipinski definition) is 2. The van der Waals surface area contributed by atoms with E-state index < -0.39 is 11.7 Å². The zero-order valence-electron chi connectivity index (χ0n) is 17.2. The van der Waals surface area contributed by atoms with Crippen molar-refractivity contribution < 1.29 is 13.2 Å². The summed E-state index contributed by atoms with van der Waals surface area (Å²) in [5.74, 6) is 1.06. The number of hydrogen-bond acceptors (Lipinski definition) is 6. The number of rotatable bonds is 4. The fourth-order valence-corrected chi connectivity index (χ4v) is 3.95. The number of fused-ring (bicyclic) bond motifs is 1. The number of nitrogens with one attached hydrogen (secondary N) is 2. The molecule has 33 heavy (non-hydrogen) atoms. The summed E-state index contributed by atoms with van der Waals surface area (Å²) in [5, 5.41) is 7.80. The van der Waals surface area contributed by atoms with Crippen molar-refractivity contribution in [2.75, 3.05) is 11.9 Å². The molecule has 1 fully saturated rings. The fraction of sp³-hybridized carbons (Fsp3) is 0.217. The van der Waals surface area contributed by atoms with Crippen LogP contribution in [0.2, 0.25) is 5.02 Å². The van der Waals surface area contributed by atoms with Gasteiger partial charge < -0.3 is 10.6 Å². The zero-order chi connectivity index (χ0) is 23.0. The summed E-state index contributed by atoms with van der Waals surface area (Å²) in [6.45, 7) is 0.850. The third-order valence-corrected chi connectivity index (χ3v) is 5.66. The van der Waals surface area contributed by atoms with Gasteiger partial charge in [-0.25, -0.2) is 15.0 Å². The number of nitrogens with zero attached hydrogens (tertiary/aromatic N) is 4. The van der Waals surface area contributed by atoms with E-state index in [-0.39, 0.29) is 17.4 Å². The number of alkyl halides is 3. The van der Waals surface area contributed by atoms with Crippen LogP contribution in [0.4, 0.5) is 24.7 Å². The fourth-order valence-electron chi connectivity index (χ4n) is 3.82. The Morgan fingerprint density at radius 3 is 2.55 bits per heavy atom. The molecule has 5 rings (SSSR count). The van der Waals surface area contributed by atoms with Crippen molar-refractivity contribution in [3.8, 4) is 11.4 Å². The summed E-state index contributed by atoms with van der Waals surface area (Å²) in [5.41, 5.74) is 0.0672. The van der Waals surface area contributed by atoms with Crippen LogP contribution in [-0.4, -0.2) is 26.5 Å². The molecule has 10 heteroatoms. The predicted octanol–water partition coefficient (Wildman–Crippen LogP) is 5.93. The molecule has 1 aliphatic rings. The van der Waals surface area contributed by atoms with Crippen LogP contribution in [0.3, 0.4) is 0 Å². The number of benzene rings is 1. The molecule has 0 aliphatic carbocycles. The molecule has 168 valence electrons. The molecule has 0 spiro atoms. The van der Waals surface area contributed by atoms with Crippen LogP contribution in [-0.2, 0) is 6.18 Å². The highest BCUT2D eigenvalue weighted by molar-refractivity contribution is 6.30. The van der Waals surface area contributed by atoms with Crippen molar-refractivity contribution in [3.05, 3.63) is 71.1 Å². The third-order valence-electron chi connectivity index (χ3n) is 5.41. The van der Waals surface area contributed by atoms with E-state index >= 15 is 0 Å². The van der Waals surface area contributed by atoms with Crippen LogP contribution in [0.25, 0.3) is 22.4 Å². The number of aromatic nitrogens is 4. The van der Waals surface area contributed by atoms with E-state index in [1.165, 1.54) is 18.3 Å². The van der Waals surface area contributed by atoms with E-state index in [1.807, 2.05) is 12.1 Å². The molecule has 3 aromatic heterocycles. The largest absolute Gasteiger partial charge is 0.418 e. The summed E-state index contributed by atoms with van der Waals surface area (Å²) in [7, 11) is 0. The zero-order valence-corrected chi connectivity index (χ0v) is 18.0. The molecule has 1 atom stereocenters. The van der Waals surface area contributed by atoms with E-state index in [1.54, 1.807) is 18.2 Å². The molecule has 0 amide bonds. The SMILES string of the molecule is FC(F)(F)c1cccnc1-c1ccc2c(Nc3ccc(Cl)cc3)nc(C3CCCN3)nc2n1. The lowest BCUT2D eigenvalue weighted by atomic mass is 10.1. The van der Waals surface area contributed by atoms with Gasteiger partial charge in [0.15, 0.2) is 5.65 Å². The molecular formula is C23H18ClF3N6. The Morgan fingerprint density at radius 1 is 1.00 bits per heavy atom. The van der Waals surface area contributed by atoms with Crippen LogP contribution in [0, 0.1) is 0 Å². The van der Waals surface area contributed by atoms with Gasteiger partial charge in [-0.15, -0.1) is 0 Å². The lowest BCUT2D eigenvalue weighted by Gasteiger charge is -2.15. The highest BCUT2D eigenvalue weighted by Crippen LogP contribution is 2.36. The monoisotopic (exact) mass is 470 g/mol. The van der Waals surface area contributed by atoms with Crippen molar-refractivity contribution in [1.29, 1.82) is 0 Å². The maximum atomic E-state index is 13.5. The number of halogens is 4. The maximum absolute atomic E-state index is 13.5. The van der Waals surface area contributed by atoms with Crippen molar-refractivity contribution >= 4 is 34.1 Å². The van der Waals surface area contributed by atoms with Crippen molar-refractivity contribution in [3.63, 3.8) is 0 Å². The van der Waals surface area contributed by atoms with Crippen molar-refractivity contribution in [1.82, 2.24) is 25.3 Å². The predicted molar refractivity (Wildman–Crippen MR) is 120 cm³/mol. The molecular weight excluding hydrogens is 453 g/mol. The second kappa shape index (κ2) is 8.57. The Kier molecular flexibility index (Phi) is 5.59. The minimum Gasteiger partial charge on any atom is -0.340 e. The maximum Gasteiger partial charge on any atom is 0.418 e. The van der Waals surface area contributed by atoms with Crippen LogP contribution in [0.5, 0.6) is 0 Å². The summed E-state index contributed by atoms with van der Waals surface area (Å²) in [6.07, 6.45) is -1.38. The molecule has 2 N–H and O–H groups in total. The van der Waals surface area contributed by atoms with Gasteiger partial charge in [-0.05, 0) is 67.9 Å². The van der Waals surface area contributed by atoms with E-state index in [4.69, 9.17) is 16.6 Å². The van der Waals surface area contributed by atoms with E-state index in [0.29, 0.717) is 27.7 Å². The minimum absolute atomic E-state index is 0.0498. The van der Waals surface area contributed by atoms with Gasteiger partial charge in [-0.2, -0.15) is 13.2 Å². The van der Waals surface area contributed by atoms with Gasteiger partial charge in [0.1, 0.15) is 17.3 Å². The lowest BCUT2D eigenvalue weighted by Crippen LogP contribution is -2.17. The van der Waals surface area contributed by atoms with Gasteiger partial charge >= 0.3 is 6.18 Å². The highest BCUT2D eigenvalue weighted by atomic mass is 35.5. The van der Waals surface area contributed by atoms with Gasteiger partial charge in [-0.3, -0.25) is 4.98 Å². The first kappa shape index (κ1) is 21.5. The van der Waals surface area contributed by atoms with E-state index in [0.717, 1.165) is 31.1 Å². The van der Waals surface area contributed by atoms with Crippen LogP contribution in [0.15, 0.2) is 54.7 Å². The molecule has 1 aliphatic heterocycles. The second-order valence-electron chi connectivity index (χ2n) is 7.68. The first-order valence-corrected chi connectivity index (χ1v) is 10.7. The molecule has 4 heterocycles. The standard InChI is InChI=1S/C23H18ClF3N6/c24-13-5-7-14(8-6-13)30-20-15-9-10-17(19-16(23(25,26)27)3-1-12-29-19)31-21(15)33-22(32-20)18-4-2-11-28-18/h1,3,5-10,12,18,28H,2,4,11H2,(H,30,31,32,33). The first-order chi connectivity index (χ1) is 15.9. The van der Waals surface area contributed by atoms with E-state index in [2.05, 4.69) is 25.6 Å². The molecule has 0 radical (unpaired) electrons. The molecule has 1 saturated heterocycles. The molecule has 6 nitrogen and oxygen atoms in total. The van der Waals surface area contributed by atoms with Gasteiger partial charge in [0.2, 0.25) is 0 Å². The van der Waals surface area contributed by atoms with Crippen LogP contribution in [0.1, 0.15) is 30.3 Å². The van der Waals surface area contributed by atoms with Gasteiger partial charge in [0, 0.05) is 16.9 Å². The Balaban J connectivity index is 1.64. The Hall–Kier alpha value is -3.30. The summed E-state index contributed by atoms with van der Waals surface area (Å²) < 4.78 is 40.6. The number of pyridine rings is 2. The minimum atomic E-state index is -4.55. The summed E-state index contributed by atoms with van der Waals surface area (Å²) >= 11 is 5.98. The molecule has 0 bridgehead atoms. The smallest absolute Gasteiger partial charge is 0.340 e. The second-order valence-corrected chi connectivity index (χ2v) is 8.11. The summed E-state index contributed by atoms with van der Waals surface area (Å²) in [6, 6.07) is 12.5. The average molecular weight is 471 g/mol. The Bertz CT molecular complexity index is 1300.